The summed E-state index contributed by atoms with van der Waals surface area (Å²) in [6, 6.07) is 17.3. The van der Waals surface area contributed by atoms with Gasteiger partial charge in [0.25, 0.3) is 7.82 Å². The second-order valence-corrected chi connectivity index (χ2v) is 13.7. The molecule has 2 aliphatic rings. The van der Waals surface area contributed by atoms with Crippen molar-refractivity contribution in [3.05, 3.63) is 83.6 Å². The van der Waals surface area contributed by atoms with Crippen LogP contribution in [0.2, 0.25) is 0 Å². The van der Waals surface area contributed by atoms with E-state index in [-0.39, 0.29) is 36.6 Å². The van der Waals surface area contributed by atoms with E-state index in [0.717, 1.165) is 32.4 Å². The van der Waals surface area contributed by atoms with Crippen LogP contribution in [-0.2, 0) is 29.5 Å². The van der Waals surface area contributed by atoms with Gasteiger partial charge < -0.3 is 29.3 Å². The molecule has 0 bridgehead atoms. The minimum atomic E-state index is -4.73. The Kier molecular flexibility index (Phi) is 11.6. The third-order valence-electron chi connectivity index (χ3n) is 8.76. The highest BCUT2D eigenvalue weighted by Crippen LogP contribution is 2.47. The van der Waals surface area contributed by atoms with Gasteiger partial charge >= 0.3 is 0 Å². The van der Waals surface area contributed by atoms with Crippen molar-refractivity contribution in [3.63, 3.8) is 0 Å². The van der Waals surface area contributed by atoms with Crippen molar-refractivity contribution in [2.45, 2.75) is 71.1 Å². The average Bonchev–Trinajstić information content (AvgIpc) is 3.34. The number of benzene rings is 2. The highest BCUT2D eigenvalue weighted by atomic mass is 31.2. The molecule has 244 valence electrons. The summed E-state index contributed by atoms with van der Waals surface area (Å²) in [5, 5.41) is 2.81. The fourth-order valence-electron chi connectivity index (χ4n) is 6.49. The van der Waals surface area contributed by atoms with Crippen molar-refractivity contribution < 1.29 is 33.0 Å². The maximum atomic E-state index is 12.2. The standard InChI is InChI=1S/C35H48N3O6P/c1-6-37-29-17-11-9-15-27(29)34(2,3)31(37)19-14-20-32-35(4,5)28-16-10-12-18-30(28)38(32)23-13-7-8-21-33(39)36-22-24-43-25-26-44-45(40,41)42/h9-12,14-20H,6-8,13,21-26H2,1-5H3,(H2-,36,39,40,41,42). The van der Waals surface area contributed by atoms with Gasteiger partial charge in [-0.05, 0) is 51.3 Å². The Morgan fingerprint density at radius 1 is 1.00 bits per heavy atom. The Bertz CT molecular complexity index is 1490. The number of hydrogen-bond acceptors (Lipinski definition) is 6. The third kappa shape index (κ3) is 8.40. The normalized spacial score (nSPS) is 18.8. The molecule has 1 amide bonds. The van der Waals surface area contributed by atoms with Crippen LogP contribution in [0.1, 0.15) is 71.4 Å². The molecule has 2 aromatic carbocycles. The van der Waals surface area contributed by atoms with E-state index in [1.807, 2.05) is 0 Å². The number of unbranched alkanes of at least 4 members (excludes halogenated alkanes) is 2. The van der Waals surface area contributed by atoms with Crippen LogP contribution in [0.3, 0.4) is 0 Å². The highest BCUT2D eigenvalue weighted by Gasteiger charge is 2.44. The lowest BCUT2D eigenvalue weighted by Gasteiger charge is -2.25. The molecule has 2 heterocycles. The van der Waals surface area contributed by atoms with E-state index >= 15 is 0 Å². The second kappa shape index (κ2) is 15.0. The van der Waals surface area contributed by atoms with Crippen LogP contribution >= 0.6 is 7.82 Å². The predicted octanol–water partition coefficient (Wildman–Crippen LogP) is 5.49. The summed E-state index contributed by atoms with van der Waals surface area (Å²) in [7, 11) is -4.73. The van der Waals surface area contributed by atoms with E-state index in [4.69, 9.17) is 9.63 Å². The lowest BCUT2D eigenvalue weighted by molar-refractivity contribution is -0.438. The zero-order chi connectivity index (χ0) is 32.7. The lowest BCUT2D eigenvalue weighted by atomic mass is 9.81. The monoisotopic (exact) mass is 637 g/mol. The summed E-state index contributed by atoms with van der Waals surface area (Å²) in [6.45, 7) is 13.5. The summed E-state index contributed by atoms with van der Waals surface area (Å²) >= 11 is 0. The smallest absolute Gasteiger partial charge is 0.265 e. The summed E-state index contributed by atoms with van der Waals surface area (Å²) in [6.07, 6.45) is 9.89. The molecule has 9 nitrogen and oxygen atoms in total. The van der Waals surface area contributed by atoms with Gasteiger partial charge in [-0.3, -0.25) is 9.36 Å². The number of nitrogens with zero attached hydrogens (tertiary/aromatic N) is 2. The van der Waals surface area contributed by atoms with Crippen LogP contribution in [0.15, 0.2) is 72.5 Å². The third-order valence-corrected chi connectivity index (χ3v) is 9.27. The molecule has 0 radical (unpaired) electrons. The first-order chi connectivity index (χ1) is 21.4. The minimum absolute atomic E-state index is 0.00811. The van der Waals surface area contributed by atoms with Crippen LogP contribution < -0.4 is 15.1 Å². The lowest BCUT2D eigenvalue weighted by Crippen LogP contribution is -2.28. The molecule has 45 heavy (non-hydrogen) atoms. The van der Waals surface area contributed by atoms with Gasteiger partial charge in [-0.1, -0.05) is 56.3 Å². The molecule has 2 N–H and O–H groups in total. The molecular formula is C35H48N3O6P. The number of anilines is 1. The molecule has 2 aromatic rings. The second-order valence-electron chi connectivity index (χ2n) is 12.6. The Morgan fingerprint density at radius 2 is 1.71 bits per heavy atom. The van der Waals surface area contributed by atoms with Crippen LogP contribution in [0, 0.1) is 0 Å². The van der Waals surface area contributed by atoms with Gasteiger partial charge in [0.1, 0.15) is 6.54 Å². The molecule has 10 heteroatoms. The van der Waals surface area contributed by atoms with E-state index in [9.17, 15) is 14.3 Å². The molecule has 1 unspecified atom stereocenters. The molecule has 0 saturated carbocycles. The van der Waals surface area contributed by atoms with E-state index in [1.165, 1.54) is 33.9 Å². The number of rotatable bonds is 16. The van der Waals surface area contributed by atoms with Gasteiger partial charge in [-0.25, -0.2) is 0 Å². The number of fused-ring (bicyclic) bond motifs is 2. The molecule has 2 aliphatic heterocycles. The number of carbonyl (C=O) groups excluding carboxylic acids is 1. The quantitative estimate of drug-likeness (QED) is 0.142. The molecule has 0 aromatic heterocycles. The van der Waals surface area contributed by atoms with Crippen LogP contribution in [0.5, 0.6) is 0 Å². The first kappa shape index (κ1) is 34.8. The molecule has 4 rings (SSSR count). The number of carbonyl (C=O) groups is 1. The number of para-hydroxylation sites is 2. The number of ether oxygens (including phenoxy) is 1. The van der Waals surface area contributed by atoms with Gasteiger partial charge in [0.15, 0.2) is 5.71 Å². The fraction of sp³-hybridized carbons (Fsp3) is 0.486. The Hall–Kier alpha value is -3.07. The zero-order valence-electron chi connectivity index (χ0n) is 27.3. The molecule has 0 saturated heterocycles. The van der Waals surface area contributed by atoms with Gasteiger partial charge in [-0.15, -0.1) is 0 Å². The van der Waals surface area contributed by atoms with Crippen LogP contribution in [0.25, 0.3) is 0 Å². The Balaban J connectivity index is 1.35. The van der Waals surface area contributed by atoms with Gasteiger partial charge in [0.2, 0.25) is 11.6 Å². The maximum absolute atomic E-state index is 12.2. The van der Waals surface area contributed by atoms with Crippen molar-refractivity contribution in [1.82, 2.24) is 5.32 Å². The Labute approximate surface area is 267 Å². The van der Waals surface area contributed by atoms with E-state index in [0.29, 0.717) is 13.0 Å². The first-order valence-electron chi connectivity index (χ1n) is 15.9. The minimum Gasteiger partial charge on any atom is -0.756 e. The Morgan fingerprint density at radius 3 is 2.44 bits per heavy atom. The van der Waals surface area contributed by atoms with Crippen molar-refractivity contribution in [3.8, 4) is 0 Å². The molecule has 1 atom stereocenters. The van der Waals surface area contributed by atoms with Crippen molar-refractivity contribution in [2.24, 2.45) is 0 Å². The number of phosphoric ester groups is 1. The summed E-state index contributed by atoms with van der Waals surface area (Å²) in [5.41, 5.74) is 7.60. The predicted molar refractivity (Wildman–Crippen MR) is 177 cm³/mol. The maximum Gasteiger partial charge on any atom is 0.265 e. The number of hydrogen-bond donors (Lipinski definition) is 2. The number of amides is 1. The van der Waals surface area contributed by atoms with Crippen molar-refractivity contribution in [1.29, 1.82) is 0 Å². The summed E-state index contributed by atoms with van der Waals surface area (Å²) in [5.74, 6) is -0.0387. The van der Waals surface area contributed by atoms with Crippen LogP contribution in [-0.4, -0.2) is 60.5 Å². The van der Waals surface area contributed by atoms with Gasteiger partial charge in [-0.2, -0.15) is 4.58 Å². The largest absolute Gasteiger partial charge is 0.756 e. The number of allylic oxidation sites excluding steroid dienone is 4. The molecular weight excluding hydrogens is 589 g/mol. The van der Waals surface area contributed by atoms with Crippen molar-refractivity contribution >= 4 is 30.8 Å². The summed E-state index contributed by atoms with van der Waals surface area (Å²) in [4.78, 5) is 33.7. The first-order valence-corrected chi connectivity index (χ1v) is 17.4. The average molecular weight is 638 g/mol. The van der Waals surface area contributed by atoms with E-state index < -0.39 is 7.82 Å². The van der Waals surface area contributed by atoms with E-state index in [2.05, 4.69) is 121 Å². The molecule has 0 spiro atoms. The van der Waals surface area contributed by atoms with Crippen LogP contribution in [0.4, 0.5) is 11.4 Å². The van der Waals surface area contributed by atoms with Gasteiger partial charge in [0, 0.05) is 60.4 Å². The number of phosphoric acid groups is 1. The fourth-order valence-corrected chi connectivity index (χ4v) is 6.80. The highest BCUT2D eigenvalue weighted by molar-refractivity contribution is 7.44. The number of likely N-dealkylation sites (N-methyl/N-ethyl adjacent to an activating group) is 1. The number of nitrogens with one attached hydrogen (secondary N) is 1. The van der Waals surface area contributed by atoms with Crippen molar-refractivity contribution in [2.75, 3.05) is 44.4 Å². The topological polar surface area (TPSA) is 114 Å². The SMILES string of the molecule is CCN1C(=CC=CC2=[N+](CCCCCC(=O)NCCOCCOP(=O)([O-])O)c3ccccc3C2(C)C)C(C)(C)c2ccccc21. The molecule has 0 aliphatic carbocycles. The molecule has 0 fully saturated rings. The van der Waals surface area contributed by atoms with E-state index in [1.54, 1.807) is 0 Å². The summed E-state index contributed by atoms with van der Waals surface area (Å²) < 4.78 is 22.4. The van der Waals surface area contributed by atoms with Gasteiger partial charge in [0.05, 0.1) is 25.2 Å². The zero-order valence-corrected chi connectivity index (χ0v) is 28.1.